The van der Waals surface area contributed by atoms with Crippen molar-refractivity contribution in [2.24, 2.45) is 5.92 Å². The van der Waals surface area contributed by atoms with E-state index in [4.69, 9.17) is 4.74 Å². The second-order valence-corrected chi connectivity index (χ2v) is 6.26. The van der Waals surface area contributed by atoms with E-state index in [0.29, 0.717) is 6.04 Å². The van der Waals surface area contributed by atoms with Crippen molar-refractivity contribution < 1.29 is 9.53 Å². The van der Waals surface area contributed by atoms with E-state index < -0.39 is 5.60 Å². The smallest absolute Gasteiger partial charge is 0.323 e. The summed E-state index contributed by atoms with van der Waals surface area (Å²) in [4.78, 5) is 11.8. The highest BCUT2D eigenvalue weighted by Crippen LogP contribution is 2.27. The molecule has 0 aliphatic heterocycles. The van der Waals surface area contributed by atoms with Gasteiger partial charge in [-0.3, -0.25) is 4.79 Å². The molecule has 3 heteroatoms. The van der Waals surface area contributed by atoms with Crippen molar-refractivity contribution in [3.05, 3.63) is 0 Å². The van der Waals surface area contributed by atoms with Gasteiger partial charge in [-0.15, -0.1) is 0 Å². The monoisotopic (exact) mass is 241 g/mol. The van der Waals surface area contributed by atoms with E-state index in [1.807, 2.05) is 27.7 Å². The third kappa shape index (κ3) is 5.07. The Kier molecular flexibility index (Phi) is 4.99. The highest BCUT2D eigenvalue weighted by atomic mass is 16.6. The van der Waals surface area contributed by atoms with Gasteiger partial charge in [-0.25, -0.2) is 0 Å². The van der Waals surface area contributed by atoms with Crippen LogP contribution < -0.4 is 5.32 Å². The van der Waals surface area contributed by atoms with Gasteiger partial charge < -0.3 is 10.1 Å². The van der Waals surface area contributed by atoms with E-state index in [9.17, 15) is 4.79 Å². The number of esters is 1. The van der Waals surface area contributed by atoms with Gasteiger partial charge in [-0.2, -0.15) is 0 Å². The molecule has 3 nitrogen and oxygen atoms in total. The fourth-order valence-electron chi connectivity index (χ4n) is 2.45. The van der Waals surface area contributed by atoms with Crippen LogP contribution in [0.2, 0.25) is 0 Å². The molecule has 0 bridgehead atoms. The van der Waals surface area contributed by atoms with E-state index >= 15 is 0 Å². The van der Waals surface area contributed by atoms with Crippen LogP contribution in [0.15, 0.2) is 0 Å². The molecular weight excluding hydrogens is 214 g/mol. The molecule has 1 fully saturated rings. The predicted octanol–water partition coefficient (Wildman–Crippen LogP) is 2.88. The zero-order valence-electron chi connectivity index (χ0n) is 11.9. The maximum absolute atomic E-state index is 11.8. The SMILES string of the molecule is CC(NC(C)C1CCCC1)C(=O)OC(C)(C)C. The molecule has 1 rings (SSSR count). The van der Waals surface area contributed by atoms with Crippen molar-refractivity contribution in [3.63, 3.8) is 0 Å². The van der Waals surface area contributed by atoms with Crippen LogP contribution in [0.3, 0.4) is 0 Å². The quantitative estimate of drug-likeness (QED) is 0.769. The first kappa shape index (κ1) is 14.5. The van der Waals surface area contributed by atoms with Crippen LogP contribution in [0.4, 0.5) is 0 Å². The Balaban J connectivity index is 2.37. The van der Waals surface area contributed by atoms with Crippen LogP contribution in [0.5, 0.6) is 0 Å². The first-order valence-corrected chi connectivity index (χ1v) is 6.78. The highest BCUT2D eigenvalue weighted by Gasteiger charge is 2.26. The van der Waals surface area contributed by atoms with E-state index in [0.717, 1.165) is 5.92 Å². The van der Waals surface area contributed by atoms with Crippen molar-refractivity contribution in [2.75, 3.05) is 0 Å². The second kappa shape index (κ2) is 5.85. The molecule has 1 aliphatic carbocycles. The van der Waals surface area contributed by atoms with Gasteiger partial charge in [-0.1, -0.05) is 12.8 Å². The molecule has 0 radical (unpaired) electrons. The van der Waals surface area contributed by atoms with Crippen LogP contribution in [0.1, 0.15) is 60.3 Å². The largest absolute Gasteiger partial charge is 0.459 e. The summed E-state index contributed by atoms with van der Waals surface area (Å²) in [5.74, 6) is 0.572. The van der Waals surface area contributed by atoms with Crippen LogP contribution >= 0.6 is 0 Å². The van der Waals surface area contributed by atoms with Gasteiger partial charge in [0.15, 0.2) is 0 Å². The predicted molar refractivity (Wildman–Crippen MR) is 69.9 cm³/mol. The number of hydrogen-bond donors (Lipinski definition) is 1. The summed E-state index contributed by atoms with van der Waals surface area (Å²) in [6.07, 6.45) is 5.24. The lowest BCUT2D eigenvalue weighted by atomic mass is 9.99. The Morgan fingerprint density at radius 2 is 1.76 bits per heavy atom. The second-order valence-electron chi connectivity index (χ2n) is 6.26. The standard InChI is InChI=1S/C14H27NO2/c1-10(12-8-6-7-9-12)15-11(2)13(16)17-14(3,4)5/h10-12,15H,6-9H2,1-5H3. The van der Waals surface area contributed by atoms with E-state index in [2.05, 4.69) is 12.2 Å². The summed E-state index contributed by atoms with van der Waals surface area (Å²) >= 11 is 0. The first-order valence-electron chi connectivity index (χ1n) is 6.78. The van der Waals surface area contributed by atoms with Gasteiger partial charge in [0.2, 0.25) is 0 Å². The molecular formula is C14H27NO2. The number of carbonyl (C=O) groups is 1. The van der Waals surface area contributed by atoms with Crippen LogP contribution in [-0.4, -0.2) is 23.7 Å². The Morgan fingerprint density at radius 3 is 2.24 bits per heavy atom. The number of ether oxygens (including phenoxy) is 1. The summed E-state index contributed by atoms with van der Waals surface area (Å²) < 4.78 is 5.36. The maximum Gasteiger partial charge on any atom is 0.323 e. The third-order valence-electron chi connectivity index (χ3n) is 3.38. The van der Waals surface area contributed by atoms with Crippen LogP contribution in [0.25, 0.3) is 0 Å². The topological polar surface area (TPSA) is 38.3 Å². The van der Waals surface area contributed by atoms with E-state index in [1.165, 1.54) is 25.7 Å². The summed E-state index contributed by atoms with van der Waals surface area (Å²) in [5.41, 5.74) is -0.399. The molecule has 0 aromatic heterocycles. The average molecular weight is 241 g/mol. The number of carbonyl (C=O) groups excluding carboxylic acids is 1. The average Bonchev–Trinajstić information content (AvgIpc) is 2.67. The molecule has 0 saturated heterocycles. The Bertz CT molecular complexity index is 251. The lowest BCUT2D eigenvalue weighted by Gasteiger charge is -2.27. The molecule has 0 heterocycles. The maximum atomic E-state index is 11.8. The third-order valence-corrected chi connectivity index (χ3v) is 3.38. The zero-order valence-corrected chi connectivity index (χ0v) is 11.9. The molecule has 100 valence electrons. The summed E-state index contributed by atoms with van der Waals surface area (Å²) in [7, 11) is 0. The molecule has 2 atom stereocenters. The molecule has 0 spiro atoms. The fraction of sp³-hybridized carbons (Fsp3) is 0.929. The molecule has 1 saturated carbocycles. The lowest BCUT2D eigenvalue weighted by Crippen LogP contribution is -2.45. The molecule has 1 aliphatic rings. The van der Waals surface area contributed by atoms with Crippen molar-refractivity contribution in [3.8, 4) is 0 Å². The minimum Gasteiger partial charge on any atom is -0.459 e. The molecule has 2 unspecified atom stereocenters. The Hall–Kier alpha value is -0.570. The molecule has 1 N–H and O–H groups in total. The normalized spacial score (nSPS) is 21.2. The molecule has 0 amide bonds. The zero-order chi connectivity index (χ0) is 13.1. The first-order chi connectivity index (χ1) is 7.79. The van der Waals surface area contributed by atoms with Crippen LogP contribution in [0, 0.1) is 5.92 Å². The highest BCUT2D eigenvalue weighted by molar-refractivity contribution is 5.75. The van der Waals surface area contributed by atoms with E-state index in [1.54, 1.807) is 0 Å². The Labute approximate surface area is 105 Å². The van der Waals surface area contributed by atoms with Gasteiger partial charge in [-0.05, 0) is 53.4 Å². The summed E-state index contributed by atoms with van der Waals surface area (Å²) in [6.45, 7) is 9.77. The number of hydrogen-bond acceptors (Lipinski definition) is 3. The number of nitrogens with one attached hydrogen (secondary N) is 1. The number of rotatable bonds is 4. The minimum absolute atomic E-state index is 0.151. The fourth-order valence-corrected chi connectivity index (χ4v) is 2.45. The van der Waals surface area contributed by atoms with Crippen molar-refractivity contribution in [2.45, 2.75) is 78.0 Å². The molecule has 0 aromatic carbocycles. The van der Waals surface area contributed by atoms with Gasteiger partial charge in [0.25, 0.3) is 0 Å². The van der Waals surface area contributed by atoms with Crippen molar-refractivity contribution in [1.29, 1.82) is 0 Å². The lowest BCUT2D eigenvalue weighted by molar-refractivity contribution is -0.157. The van der Waals surface area contributed by atoms with Gasteiger partial charge in [0, 0.05) is 6.04 Å². The van der Waals surface area contributed by atoms with Gasteiger partial charge in [0.1, 0.15) is 11.6 Å². The summed E-state index contributed by atoms with van der Waals surface area (Å²) in [5, 5.41) is 3.37. The van der Waals surface area contributed by atoms with Gasteiger partial charge in [0.05, 0.1) is 0 Å². The summed E-state index contributed by atoms with van der Waals surface area (Å²) in [6, 6.07) is 0.185. The molecule has 0 aromatic rings. The van der Waals surface area contributed by atoms with Crippen LogP contribution in [-0.2, 0) is 9.53 Å². The van der Waals surface area contributed by atoms with Crippen molar-refractivity contribution in [1.82, 2.24) is 5.32 Å². The Morgan fingerprint density at radius 1 is 1.24 bits per heavy atom. The minimum atomic E-state index is -0.399. The van der Waals surface area contributed by atoms with Gasteiger partial charge >= 0.3 is 5.97 Å². The van der Waals surface area contributed by atoms with E-state index in [-0.39, 0.29) is 12.0 Å². The van der Waals surface area contributed by atoms with Crippen molar-refractivity contribution >= 4 is 5.97 Å². The molecule has 17 heavy (non-hydrogen) atoms.